The van der Waals surface area contributed by atoms with Gasteiger partial charge in [-0.1, -0.05) is 31.2 Å². The predicted molar refractivity (Wildman–Crippen MR) is 105 cm³/mol. The summed E-state index contributed by atoms with van der Waals surface area (Å²) in [6.45, 7) is 7.04. The van der Waals surface area contributed by atoms with Crippen LogP contribution in [-0.2, 0) is 10.8 Å². The summed E-state index contributed by atoms with van der Waals surface area (Å²) < 4.78 is 78.3. The van der Waals surface area contributed by atoms with Gasteiger partial charge in [0.2, 0.25) is 0 Å². The molecule has 2 aliphatic rings. The molecule has 0 saturated carbocycles. The van der Waals surface area contributed by atoms with E-state index >= 15 is 0 Å². The summed E-state index contributed by atoms with van der Waals surface area (Å²) in [6.07, 6.45) is 4.86. The lowest BCUT2D eigenvalue weighted by Crippen LogP contribution is -2.44. The first-order chi connectivity index (χ1) is 13.5. The van der Waals surface area contributed by atoms with Crippen molar-refractivity contribution in [2.45, 2.75) is 45.0 Å². The summed E-state index contributed by atoms with van der Waals surface area (Å²) in [5.74, 6) is -4.58. The summed E-state index contributed by atoms with van der Waals surface area (Å²) >= 11 is 0. The molecule has 0 spiro atoms. The molecule has 2 atom stereocenters. The van der Waals surface area contributed by atoms with Crippen LogP contribution in [0.2, 0.25) is 0 Å². The van der Waals surface area contributed by atoms with Gasteiger partial charge in [0.15, 0.2) is 0 Å². The number of hydrogen-bond donors (Lipinski definition) is 1. The molecule has 0 amide bonds. The SMILES string of the molecule is C/C=C\C=C(\C1=C(C)N2C=C(C(F)(F)C(F)(F)F)NC=C2C=C1)C(C)S(=O)CC. The second-order valence-electron chi connectivity index (χ2n) is 6.49. The van der Waals surface area contributed by atoms with E-state index in [1.165, 1.54) is 4.90 Å². The Hall–Kier alpha value is -2.16. The Bertz CT molecular complexity index is 863. The van der Waals surface area contributed by atoms with E-state index in [9.17, 15) is 26.2 Å². The van der Waals surface area contributed by atoms with Crippen molar-refractivity contribution >= 4 is 10.8 Å². The first-order valence-corrected chi connectivity index (χ1v) is 10.4. The third kappa shape index (κ3) is 4.55. The Morgan fingerprint density at radius 1 is 1.28 bits per heavy atom. The van der Waals surface area contributed by atoms with Gasteiger partial charge in [-0.2, -0.15) is 22.0 Å². The molecule has 2 unspecified atom stereocenters. The molecule has 0 saturated heterocycles. The molecule has 0 aromatic rings. The zero-order valence-corrected chi connectivity index (χ0v) is 17.3. The van der Waals surface area contributed by atoms with Crippen LogP contribution in [0, 0.1) is 0 Å². The minimum atomic E-state index is -5.72. The number of hydrogen-bond acceptors (Lipinski definition) is 3. The van der Waals surface area contributed by atoms with Crippen LogP contribution >= 0.6 is 0 Å². The van der Waals surface area contributed by atoms with Crippen molar-refractivity contribution in [1.82, 2.24) is 10.2 Å². The fraction of sp³-hybridized carbons (Fsp3) is 0.400. The number of fused-ring (bicyclic) bond motifs is 1. The Labute approximate surface area is 169 Å². The van der Waals surface area contributed by atoms with Crippen molar-refractivity contribution in [1.29, 1.82) is 0 Å². The molecule has 0 aromatic carbocycles. The maximum Gasteiger partial charge on any atom is 0.459 e. The van der Waals surface area contributed by atoms with Crippen LogP contribution in [0.15, 0.2) is 71.0 Å². The van der Waals surface area contributed by atoms with Crippen molar-refractivity contribution in [3.8, 4) is 0 Å². The van der Waals surface area contributed by atoms with E-state index < -0.39 is 28.6 Å². The molecule has 29 heavy (non-hydrogen) atoms. The number of rotatable bonds is 6. The standard InChI is InChI=1S/C20H23F5N2OS/c1-5-7-8-17(14(4)29(28)6-2)16-10-9-15-11-26-18(12-27(15)13(16)3)19(21,22)20(23,24)25/h5,7-12,14,26H,6H2,1-4H3/b7-5-,17-8+. The van der Waals surface area contributed by atoms with Crippen LogP contribution in [0.3, 0.4) is 0 Å². The van der Waals surface area contributed by atoms with Crippen molar-refractivity contribution in [3.05, 3.63) is 71.0 Å². The summed E-state index contributed by atoms with van der Waals surface area (Å²) in [6, 6.07) is 0. The number of allylic oxidation sites excluding steroid dienone is 8. The van der Waals surface area contributed by atoms with Crippen molar-refractivity contribution < 1.29 is 26.2 Å². The molecule has 2 heterocycles. The molecule has 3 nitrogen and oxygen atoms in total. The molecule has 160 valence electrons. The maximum absolute atomic E-state index is 13.8. The highest BCUT2D eigenvalue weighted by molar-refractivity contribution is 7.85. The molecule has 2 rings (SSSR count). The molecule has 0 fully saturated rings. The van der Waals surface area contributed by atoms with Crippen LogP contribution in [0.5, 0.6) is 0 Å². The summed E-state index contributed by atoms with van der Waals surface area (Å²) in [5, 5.41) is 1.71. The molecular weight excluding hydrogens is 411 g/mol. The van der Waals surface area contributed by atoms with E-state index in [0.717, 1.165) is 12.4 Å². The van der Waals surface area contributed by atoms with Gasteiger partial charge in [-0.15, -0.1) is 0 Å². The van der Waals surface area contributed by atoms with Crippen LogP contribution < -0.4 is 5.32 Å². The number of nitrogens with zero attached hydrogens (tertiary/aromatic N) is 1. The van der Waals surface area contributed by atoms with Crippen molar-refractivity contribution in [3.63, 3.8) is 0 Å². The van der Waals surface area contributed by atoms with E-state index in [1.807, 2.05) is 6.92 Å². The third-order valence-corrected chi connectivity index (χ3v) is 6.29. The van der Waals surface area contributed by atoms with Gasteiger partial charge in [0.05, 0.1) is 10.9 Å². The monoisotopic (exact) mass is 434 g/mol. The highest BCUT2D eigenvalue weighted by atomic mass is 32.2. The summed E-state index contributed by atoms with van der Waals surface area (Å²) in [4.78, 5) is 1.28. The topological polar surface area (TPSA) is 32.3 Å². The van der Waals surface area contributed by atoms with Crippen LogP contribution in [-0.4, -0.2) is 32.2 Å². The molecule has 0 radical (unpaired) electrons. The molecule has 0 aliphatic carbocycles. The zero-order valence-electron chi connectivity index (χ0n) is 16.5. The fourth-order valence-electron chi connectivity index (χ4n) is 2.97. The van der Waals surface area contributed by atoms with Gasteiger partial charge in [-0.3, -0.25) is 4.21 Å². The molecule has 2 aliphatic heterocycles. The lowest BCUT2D eigenvalue weighted by molar-refractivity contribution is -0.266. The van der Waals surface area contributed by atoms with Crippen LogP contribution in [0.1, 0.15) is 27.7 Å². The van der Waals surface area contributed by atoms with Crippen LogP contribution in [0.25, 0.3) is 0 Å². The van der Waals surface area contributed by atoms with E-state index in [4.69, 9.17) is 0 Å². The van der Waals surface area contributed by atoms with Crippen LogP contribution in [0.4, 0.5) is 22.0 Å². The minimum absolute atomic E-state index is 0.348. The second-order valence-corrected chi connectivity index (χ2v) is 8.54. The molecule has 0 aromatic heterocycles. The molecule has 9 heteroatoms. The highest BCUT2D eigenvalue weighted by Gasteiger charge is 2.60. The molecule has 1 N–H and O–H groups in total. The lowest BCUT2D eigenvalue weighted by atomic mass is 9.96. The largest absolute Gasteiger partial charge is 0.459 e. The quantitative estimate of drug-likeness (QED) is 0.456. The normalized spacial score (nSPS) is 20.3. The second kappa shape index (κ2) is 8.69. The number of halogens is 5. The highest BCUT2D eigenvalue weighted by Crippen LogP contribution is 2.42. The van der Waals surface area contributed by atoms with Gasteiger partial charge in [-0.05, 0) is 38.0 Å². The average Bonchev–Trinajstić information content (AvgIpc) is 2.67. The van der Waals surface area contributed by atoms with Gasteiger partial charge in [-0.25, -0.2) is 0 Å². The Balaban J connectivity index is 2.54. The molecular formula is C20H23F5N2OS. The van der Waals surface area contributed by atoms with Gasteiger partial charge >= 0.3 is 12.1 Å². The predicted octanol–water partition coefficient (Wildman–Crippen LogP) is 5.28. The number of alkyl halides is 5. The Kier molecular flexibility index (Phi) is 6.93. The minimum Gasteiger partial charge on any atom is -0.357 e. The van der Waals surface area contributed by atoms with E-state index in [2.05, 4.69) is 5.32 Å². The fourth-order valence-corrected chi connectivity index (χ4v) is 3.95. The zero-order chi connectivity index (χ0) is 22.0. The van der Waals surface area contributed by atoms with Crippen molar-refractivity contribution in [2.24, 2.45) is 0 Å². The van der Waals surface area contributed by atoms with Gasteiger partial charge < -0.3 is 10.2 Å². The first kappa shape index (κ1) is 23.1. The Morgan fingerprint density at radius 2 is 1.93 bits per heavy atom. The van der Waals surface area contributed by atoms with Crippen molar-refractivity contribution in [2.75, 3.05) is 5.75 Å². The third-order valence-electron chi connectivity index (χ3n) is 4.67. The van der Waals surface area contributed by atoms with E-state index in [-0.39, 0.29) is 5.25 Å². The summed E-state index contributed by atoms with van der Waals surface area (Å²) in [5.41, 5.74) is 0.968. The van der Waals surface area contributed by atoms with Gasteiger partial charge in [0.1, 0.15) is 5.70 Å². The average molecular weight is 434 g/mol. The Morgan fingerprint density at radius 3 is 2.48 bits per heavy atom. The van der Waals surface area contributed by atoms with E-state index in [0.29, 0.717) is 28.3 Å². The lowest BCUT2D eigenvalue weighted by Gasteiger charge is -2.35. The first-order valence-electron chi connectivity index (χ1n) is 8.97. The smallest absolute Gasteiger partial charge is 0.357 e. The molecule has 0 bridgehead atoms. The summed E-state index contributed by atoms with van der Waals surface area (Å²) in [7, 11) is -1.16. The maximum atomic E-state index is 13.8. The number of nitrogens with one attached hydrogen (secondary N) is 1. The van der Waals surface area contributed by atoms with Gasteiger partial charge in [0, 0.05) is 34.6 Å². The van der Waals surface area contributed by atoms with Gasteiger partial charge in [0.25, 0.3) is 0 Å². The van der Waals surface area contributed by atoms with E-state index in [1.54, 1.807) is 51.2 Å².